The monoisotopic (exact) mass is 643 g/mol. The Hall–Kier alpha value is -4.07. The molecule has 1 aromatic heterocycles. The van der Waals surface area contributed by atoms with Gasteiger partial charge in [-0.3, -0.25) is 9.59 Å². The third-order valence-corrected chi connectivity index (χ3v) is 10.9. The van der Waals surface area contributed by atoms with Gasteiger partial charge in [-0.25, -0.2) is 0 Å². The lowest BCUT2D eigenvalue weighted by Gasteiger charge is -2.41. The Balaban J connectivity index is 1.35. The van der Waals surface area contributed by atoms with Crippen LogP contribution in [0.5, 0.6) is 0 Å². The summed E-state index contributed by atoms with van der Waals surface area (Å²) in [6.07, 6.45) is -1.67. The van der Waals surface area contributed by atoms with E-state index in [1.54, 1.807) is 4.90 Å². The maximum atomic E-state index is 14.7. The van der Waals surface area contributed by atoms with E-state index in [0.29, 0.717) is 18.4 Å². The summed E-state index contributed by atoms with van der Waals surface area (Å²) < 4.78 is 40.2. The summed E-state index contributed by atoms with van der Waals surface area (Å²) in [5.41, 5.74) is 5.69. The predicted molar refractivity (Wildman–Crippen MR) is 180 cm³/mol. The van der Waals surface area contributed by atoms with E-state index in [2.05, 4.69) is 43.2 Å². The van der Waals surface area contributed by atoms with E-state index in [4.69, 9.17) is 0 Å². The third kappa shape index (κ3) is 5.96. The number of nitrogens with zero attached hydrogens (tertiary/aromatic N) is 1. The van der Waals surface area contributed by atoms with Crippen LogP contribution in [0.4, 0.5) is 18.9 Å². The lowest BCUT2D eigenvalue weighted by atomic mass is 9.91. The summed E-state index contributed by atoms with van der Waals surface area (Å²) in [6, 6.07) is 17.2. The van der Waals surface area contributed by atoms with Crippen LogP contribution in [0.2, 0.25) is 0 Å². The Labute approximate surface area is 274 Å². The number of nitrogens with one attached hydrogen (secondary N) is 2. The van der Waals surface area contributed by atoms with Gasteiger partial charge in [-0.05, 0) is 98.2 Å². The number of H-pyrrole nitrogens is 1. The molecule has 6 rings (SSSR count). The van der Waals surface area contributed by atoms with Crippen LogP contribution in [-0.4, -0.2) is 27.2 Å². The standard InChI is InChI=1S/C39H44F3N3O2/c1-23-19-24(2)35(25(3)20-23)44-36(47)38(17-9-10-18-38)45(22-27-13-15-28(16-14-27)39(40,41)42)32(46)21-30-34(37(30,5)6)33-26(4)43-31-12-8-7-11-29(31)33/h7-8,11-16,19-20,30,34,43H,9-10,17-18,21-22H2,1-6H3,(H,44,47)/t30-,34+/m0/s1. The predicted octanol–water partition coefficient (Wildman–Crippen LogP) is 9.53. The first-order valence-corrected chi connectivity index (χ1v) is 16.6. The molecule has 0 aliphatic heterocycles. The molecule has 8 heteroatoms. The second-order valence-corrected chi connectivity index (χ2v) is 14.5. The number of fused-ring (bicyclic) bond motifs is 1. The molecule has 248 valence electrons. The molecule has 2 fully saturated rings. The average molecular weight is 644 g/mol. The van der Waals surface area contributed by atoms with Crippen LogP contribution >= 0.6 is 0 Å². The fourth-order valence-corrected chi connectivity index (χ4v) is 8.34. The number of anilines is 1. The van der Waals surface area contributed by atoms with Gasteiger partial charge in [-0.2, -0.15) is 13.2 Å². The topological polar surface area (TPSA) is 65.2 Å². The van der Waals surface area contributed by atoms with Crippen molar-refractivity contribution in [3.05, 3.63) is 99.7 Å². The molecule has 2 N–H and O–H groups in total. The van der Waals surface area contributed by atoms with E-state index in [0.717, 1.165) is 63.9 Å². The zero-order valence-corrected chi connectivity index (χ0v) is 28.1. The molecule has 2 aliphatic carbocycles. The number of aromatic amines is 1. The normalized spacial score (nSPS) is 19.9. The van der Waals surface area contributed by atoms with Crippen LogP contribution in [0.15, 0.2) is 60.7 Å². The van der Waals surface area contributed by atoms with Crippen LogP contribution in [0.25, 0.3) is 10.9 Å². The molecule has 1 heterocycles. The summed E-state index contributed by atoms with van der Waals surface area (Å²) in [5, 5.41) is 4.36. The number of rotatable bonds is 8. The van der Waals surface area contributed by atoms with Gasteiger partial charge in [0.25, 0.3) is 0 Å². The number of hydrogen-bond donors (Lipinski definition) is 2. The fraction of sp³-hybridized carbons (Fsp3) is 0.436. The number of hydrogen-bond acceptors (Lipinski definition) is 2. The van der Waals surface area contributed by atoms with Gasteiger partial charge in [0.2, 0.25) is 11.8 Å². The molecule has 2 saturated carbocycles. The summed E-state index contributed by atoms with van der Waals surface area (Å²) in [4.78, 5) is 34.3. The molecule has 4 aromatic rings. The van der Waals surface area contributed by atoms with E-state index in [1.807, 2.05) is 45.0 Å². The van der Waals surface area contributed by atoms with Gasteiger partial charge in [0.05, 0.1) is 5.56 Å². The number of halogens is 3. The van der Waals surface area contributed by atoms with Gasteiger partial charge in [-0.15, -0.1) is 0 Å². The van der Waals surface area contributed by atoms with Crippen molar-refractivity contribution in [1.29, 1.82) is 0 Å². The summed E-state index contributed by atoms with van der Waals surface area (Å²) >= 11 is 0. The Morgan fingerprint density at radius 1 is 0.936 bits per heavy atom. The first-order valence-electron chi connectivity index (χ1n) is 16.6. The molecule has 5 nitrogen and oxygen atoms in total. The minimum atomic E-state index is -4.46. The number of benzene rings is 3. The second-order valence-electron chi connectivity index (χ2n) is 14.5. The van der Waals surface area contributed by atoms with Crippen LogP contribution < -0.4 is 5.32 Å². The van der Waals surface area contributed by atoms with Crippen LogP contribution in [0, 0.1) is 39.0 Å². The van der Waals surface area contributed by atoms with Crippen molar-refractivity contribution >= 4 is 28.4 Å². The molecule has 47 heavy (non-hydrogen) atoms. The van der Waals surface area contributed by atoms with Crippen molar-refractivity contribution in [2.75, 3.05) is 5.32 Å². The smallest absolute Gasteiger partial charge is 0.358 e. The van der Waals surface area contributed by atoms with Gasteiger partial charge in [0, 0.05) is 35.2 Å². The molecule has 3 aromatic carbocycles. The molecule has 0 spiro atoms. The lowest BCUT2D eigenvalue weighted by molar-refractivity contribution is -0.146. The highest BCUT2D eigenvalue weighted by atomic mass is 19.4. The van der Waals surface area contributed by atoms with E-state index >= 15 is 0 Å². The Kier molecular flexibility index (Phi) is 8.30. The van der Waals surface area contributed by atoms with Crippen LogP contribution in [-0.2, 0) is 22.3 Å². The Bertz CT molecular complexity index is 1810. The molecule has 0 bridgehead atoms. The Morgan fingerprint density at radius 2 is 1.55 bits per heavy atom. The molecule has 0 unspecified atom stereocenters. The number of carbonyl (C=O) groups is 2. The maximum absolute atomic E-state index is 14.7. The summed E-state index contributed by atoms with van der Waals surface area (Å²) in [6.45, 7) is 12.5. The third-order valence-electron chi connectivity index (χ3n) is 10.9. The van der Waals surface area contributed by atoms with Gasteiger partial charge in [0.1, 0.15) is 5.54 Å². The molecule has 0 saturated heterocycles. The zero-order chi connectivity index (χ0) is 33.9. The zero-order valence-electron chi connectivity index (χ0n) is 28.1. The highest BCUT2D eigenvalue weighted by Gasteiger charge is 2.61. The number of aromatic nitrogens is 1. The number of carbonyl (C=O) groups excluding carboxylic acids is 2. The summed E-state index contributed by atoms with van der Waals surface area (Å²) in [5.74, 6) is -0.172. The molecule has 2 aliphatic rings. The second kappa shape index (κ2) is 11.9. The van der Waals surface area contributed by atoms with Crippen LogP contribution in [0.3, 0.4) is 0 Å². The van der Waals surface area contributed by atoms with Crippen molar-refractivity contribution in [3.8, 4) is 0 Å². The SMILES string of the molecule is Cc1cc(C)c(NC(=O)C2(N(Cc3ccc(C(F)(F)F)cc3)C(=O)C[C@H]3[C@H](c4c(C)[nH]c5ccccc45)C3(C)C)CCCC2)c(C)c1. The average Bonchev–Trinajstić information content (AvgIpc) is 3.34. The van der Waals surface area contributed by atoms with Crippen LogP contribution in [0.1, 0.15) is 90.9 Å². The van der Waals surface area contributed by atoms with E-state index in [9.17, 15) is 22.8 Å². The minimum absolute atomic E-state index is 0.0473. The minimum Gasteiger partial charge on any atom is -0.358 e. The van der Waals surface area contributed by atoms with Gasteiger partial charge in [0.15, 0.2) is 0 Å². The fourth-order valence-electron chi connectivity index (χ4n) is 8.34. The van der Waals surface area contributed by atoms with Crippen molar-refractivity contribution in [3.63, 3.8) is 0 Å². The quantitative estimate of drug-likeness (QED) is 0.201. The summed E-state index contributed by atoms with van der Waals surface area (Å²) in [7, 11) is 0. The van der Waals surface area contributed by atoms with Gasteiger partial charge < -0.3 is 15.2 Å². The van der Waals surface area contributed by atoms with Crippen molar-refractivity contribution in [2.24, 2.45) is 11.3 Å². The van der Waals surface area contributed by atoms with Gasteiger partial charge in [-0.1, -0.05) is 74.7 Å². The van der Waals surface area contributed by atoms with Crippen molar-refractivity contribution in [2.45, 2.75) is 97.8 Å². The lowest BCUT2D eigenvalue weighted by Crippen LogP contribution is -2.57. The first kappa shape index (κ1) is 32.9. The molecule has 0 radical (unpaired) electrons. The van der Waals surface area contributed by atoms with E-state index in [1.165, 1.54) is 17.7 Å². The Morgan fingerprint density at radius 3 is 2.17 bits per heavy atom. The van der Waals surface area contributed by atoms with Crippen molar-refractivity contribution < 1.29 is 22.8 Å². The largest absolute Gasteiger partial charge is 0.416 e. The highest BCUT2D eigenvalue weighted by Crippen LogP contribution is 2.67. The highest BCUT2D eigenvalue weighted by molar-refractivity contribution is 6.02. The van der Waals surface area contributed by atoms with Gasteiger partial charge >= 0.3 is 6.18 Å². The van der Waals surface area contributed by atoms with E-state index < -0.39 is 17.3 Å². The maximum Gasteiger partial charge on any atom is 0.416 e. The van der Waals surface area contributed by atoms with E-state index in [-0.39, 0.29) is 42.0 Å². The molecule has 2 atom stereocenters. The number of para-hydroxylation sites is 1. The number of amides is 2. The van der Waals surface area contributed by atoms with Crippen molar-refractivity contribution in [1.82, 2.24) is 9.88 Å². The first-order chi connectivity index (χ1) is 22.1. The molecule has 2 amide bonds. The molecular formula is C39H44F3N3O2. The number of alkyl halides is 3. The molecular weight excluding hydrogens is 599 g/mol. The number of aryl methyl sites for hydroxylation is 4.